The molecule has 2 aromatic carbocycles. The van der Waals surface area contributed by atoms with E-state index in [0.29, 0.717) is 74.4 Å². The summed E-state index contributed by atoms with van der Waals surface area (Å²) in [5.41, 5.74) is 2.12. The lowest BCUT2D eigenvalue weighted by molar-refractivity contribution is -0.117. The molecule has 0 aliphatic carbocycles. The summed E-state index contributed by atoms with van der Waals surface area (Å²) in [5, 5.41) is 18.7. The van der Waals surface area contributed by atoms with E-state index in [9.17, 15) is 23.9 Å². The van der Waals surface area contributed by atoms with Gasteiger partial charge in [0.1, 0.15) is 16.9 Å². The highest BCUT2D eigenvalue weighted by Crippen LogP contribution is 2.29. The van der Waals surface area contributed by atoms with Crippen LogP contribution in [-0.4, -0.2) is 72.2 Å². The number of carbonyl (C=O) groups is 2. The van der Waals surface area contributed by atoms with Crippen LogP contribution in [0.1, 0.15) is 57.6 Å². The number of nitrogens with zero attached hydrogens (tertiary/aromatic N) is 6. The molecule has 2 aliphatic heterocycles. The van der Waals surface area contributed by atoms with Crippen LogP contribution in [0, 0.1) is 5.82 Å². The molecule has 0 unspecified atom stereocenters. The van der Waals surface area contributed by atoms with Gasteiger partial charge in [0.15, 0.2) is 5.52 Å². The Morgan fingerprint density at radius 2 is 1.79 bits per heavy atom. The van der Waals surface area contributed by atoms with Crippen LogP contribution >= 0.6 is 0 Å². The second-order valence-electron chi connectivity index (χ2n) is 13.8. The van der Waals surface area contributed by atoms with Gasteiger partial charge in [0.2, 0.25) is 5.91 Å². The number of halogens is 1. The summed E-state index contributed by atoms with van der Waals surface area (Å²) in [6, 6.07) is 12.5. The number of hydrogen-bond acceptors (Lipinski definition) is 8. The van der Waals surface area contributed by atoms with Gasteiger partial charge in [-0.25, -0.2) is 14.2 Å². The lowest BCUT2D eigenvalue weighted by Gasteiger charge is -2.38. The van der Waals surface area contributed by atoms with Gasteiger partial charge in [-0.1, -0.05) is 30.3 Å². The minimum absolute atomic E-state index is 0.0203. The maximum Gasteiger partial charge on any atom is 0.407 e. The Bertz CT molecular complexity index is 1890. The van der Waals surface area contributed by atoms with Gasteiger partial charge in [0.05, 0.1) is 24.2 Å². The lowest BCUT2D eigenvalue weighted by atomic mass is 9.91. The van der Waals surface area contributed by atoms with Crippen LogP contribution < -0.4 is 15.8 Å². The highest BCUT2D eigenvalue weighted by atomic mass is 19.1. The van der Waals surface area contributed by atoms with Crippen LogP contribution in [0.25, 0.3) is 22.3 Å². The zero-order valence-electron chi connectivity index (χ0n) is 27.8. The lowest BCUT2D eigenvalue weighted by Crippen LogP contribution is -2.47. The number of nitrogens with one attached hydrogen (secondary N) is 1. The quantitative estimate of drug-likeness (QED) is 0.289. The summed E-state index contributed by atoms with van der Waals surface area (Å²) in [5.74, 6) is -0.327. The molecule has 4 aromatic rings. The Kier molecular flexibility index (Phi) is 9.10. The molecule has 2 N–H and O–H groups in total. The standard InChI is InChI=1S/C35H42FN7O5/c1-34(2,3)48-33(46)37-19-23-7-9-24(10-8-23)31-29-30(39-40(31)4)32(45)42(22-38-29)21-35(47)13-16-41(17-14-35)20-25-11-12-26(18-27(25)36)43-15-5-6-28(43)44/h7-12,18,22,47H,5-6,13-17,19-21H2,1-4H3,(H,37,46). The van der Waals surface area contributed by atoms with Crippen molar-refractivity contribution in [3.8, 4) is 11.3 Å². The Balaban J connectivity index is 1.09. The van der Waals surface area contributed by atoms with E-state index in [2.05, 4.69) is 20.3 Å². The molecule has 2 saturated heterocycles. The number of likely N-dealkylation sites (tertiary alicyclic amines) is 1. The summed E-state index contributed by atoms with van der Waals surface area (Å²) in [6.45, 7) is 7.86. The van der Waals surface area contributed by atoms with Crippen LogP contribution in [0.5, 0.6) is 0 Å². The topological polar surface area (TPSA) is 135 Å². The summed E-state index contributed by atoms with van der Waals surface area (Å²) >= 11 is 0. The molecule has 4 heterocycles. The fraction of sp³-hybridized carbons (Fsp3) is 0.457. The molecule has 12 nitrogen and oxygen atoms in total. The Morgan fingerprint density at radius 3 is 2.44 bits per heavy atom. The summed E-state index contributed by atoms with van der Waals surface area (Å²) in [6.07, 6.45) is 3.05. The van der Waals surface area contributed by atoms with Gasteiger partial charge in [-0.3, -0.25) is 23.7 Å². The van der Waals surface area contributed by atoms with Crippen molar-refractivity contribution in [3.05, 3.63) is 76.1 Å². The van der Waals surface area contributed by atoms with Gasteiger partial charge < -0.3 is 20.1 Å². The van der Waals surface area contributed by atoms with Crippen LogP contribution in [0.15, 0.2) is 53.6 Å². The molecule has 0 atom stereocenters. The predicted molar refractivity (Wildman–Crippen MR) is 179 cm³/mol. The first-order valence-electron chi connectivity index (χ1n) is 16.3. The van der Waals surface area contributed by atoms with Gasteiger partial charge in [0, 0.05) is 63.0 Å². The Morgan fingerprint density at radius 1 is 1.06 bits per heavy atom. The van der Waals surface area contributed by atoms with E-state index in [1.54, 1.807) is 28.8 Å². The molecule has 48 heavy (non-hydrogen) atoms. The number of ether oxygens (including phenoxy) is 1. The molecule has 0 radical (unpaired) electrons. The fourth-order valence-electron chi connectivity index (χ4n) is 6.40. The van der Waals surface area contributed by atoms with Crippen molar-refractivity contribution < 1.29 is 23.8 Å². The van der Waals surface area contributed by atoms with Gasteiger partial charge in [-0.2, -0.15) is 5.10 Å². The summed E-state index contributed by atoms with van der Waals surface area (Å²) in [7, 11) is 1.75. The molecule has 0 saturated carbocycles. The molecule has 13 heteroatoms. The molecule has 6 rings (SSSR count). The zero-order chi connectivity index (χ0) is 34.2. The number of hydrogen-bond donors (Lipinski definition) is 2. The smallest absolute Gasteiger partial charge is 0.407 e. The van der Waals surface area contributed by atoms with Gasteiger partial charge >= 0.3 is 6.09 Å². The highest BCUT2D eigenvalue weighted by molar-refractivity contribution is 5.95. The molecule has 254 valence electrons. The van der Waals surface area contributed by atoms with Crippen LogP contribution in [0.2, 0.25) is 0 Å². The molecule has 2 aromatic heterocycles. The largest absolute Gasteiger partial charge is 0.444 e. The Hall–Kier alpha value is -4.62. The number of aromatic nitrogens is 4. The number of alkyl carbamates (subject to hydrolysis) is 1. The first kappa shape index (κ1) is 33.3. The van der Waals surface area contributed by atoms with Crippen molar-refractivity contribution in [2.45, 2.75) is 77.3 Å². The van der Waals surface area contributed by atoms with E-state index in [-0.39, 0.29) is 29.3 Å². The highest BCUT2D eigenvalue weighted by Gasteiger charge is 2.34. The third kappa shape index (κ3) is 7.26. The van der Waals surface area contributed by atoms with E-state index < -0.39 is 17.3 Å². The predicted octanol–water partition coefficient (Wildman–Crippen LogP) is 4.11. The summed E-state index contributed by atoms with van der Waals surface area (Å²) < 4.78 is 23.3. The zero-order valence-corrected chi connectivity index (χ0v) is 27.8. The number of aliphatic hydroxyl groups is 1. The number of benzene rings is 2. The molecular formula is C35H42FN7O5. The normalized spacial score (nSPS) is 16.9. The maximum absolute atomic E-state index is 15.0. The number of carbonyl (C=O) groups excluding carboxylic acids is 2. The number of rotatable bonds is 8. The van der Waals surface area contributed by atoms with Crippen molar-refractivity contribution in [3.63, 3.8) is 0 Å². The Labute approximate surface area is 278 Å². The second kappa shape index (κ2) is 13.1. The minimum atomic E-state index is -1.13. The fourth-order valence-corrected chi connectivity index (χ4v) is 6.40. The second-order valence-corrected chi connectivity index (χ2v) is 13.8. The third-order valence-corrected chi connectivity index (χ3v) is 8.94. The minimum Gasteiger partial charge on any atom is -0.444 e. The number of fused-ring (bicyclic) bond motifs is 1. The van der Waals surface area contributed by atoms with E-state index in [1.807, 2.05) is 45.0 Å². The number of amides is 2. The van der Waals surface area contributed by atoms with Crippen molar-refractivity contribution in [1.29, 1.82) is 0 Å². The average Bonchev–Trinajstić information content (AvgIpc) is 3.61. The molecular weight excluding hydrogens is 617 g/mol. The first-order chi connectivity index (χ1) is 22.8. The molecule has 0 spiro atoms. The molecule has 2 aliphatic rings. The van der Waals surface area contributed by atoms with E-state index in [0.717, 1.165) is 17.5 Å². The molecule has 2 fully saturated rings. The molecule has 2 amide bonds. The number of aryl methyl sites for hydroxylation is 1. The van der Waals surface area contributed by atoms with Crippen LogP contribution in [-0.2, 0) is 36.2 Å². The molecule has 0 bridgehead atoms. The van der Waals surface area contributed by atoms with E-state index >= 15 is 0 Å². The maximum atomic E-state index is 15.0. The van der Waals surface area contributed by atoms with Gasteiger partial charge in [0.25, 0.3) is 5.56 Å². The summed E-state index contributed by atoms with van der Waals surface area (Å²) in [4.78, 5) is 45.9. The van der Waals surface area contributed by atoms with Crippen molar-refractivity contribution in [2.24, 2.45) is 7.05 Å². The van der Waals surface area contributed by atoms with Crippen LogP contribution in [0.3, 0.4) is 0 Å². The number of piperidine rings is 1. The number of anilines is 1. The van der Waals surface area contributed by atoms with Crippen molar-refractivity contribution in [1.82, 2.24) is 29.5 Å². The van der Waals surface area contributed by atoms with Crippen molar-refractivity contribution >= 4 is 28.7 Å². The van der Waals surface area contributed by atoms with Crippen LogP contribution in [0.4, 0.5) is 14.9 Å². The third-order valence-electron chi connectivity index (χ3n) is 8.94. The van der Waals surface area contributed by atoms with E-state index in [4.69, 9.17) is 4.74 Å². The average molecular weight is 660 g/mol. The SMILES string of the molecule is Cn1nc2c(=O)n(CC3(O)CCN(Cc4ccc(N5CCCC5=O)cc4F)CC3)cnc2c1-c1ccc(CNC(=O)OC(C)(C)C)cc1. The first-order valence-corrected chi connectivity index (χ1v) is 16.3. The monoisotopic (exact) mass is 659 g/mol. The van der Waals surface area contributed by atoms with Crippen molar-refractivity contribution in [2.75, 3.05) is 24.5 Å². The van der Waals surface area contributed by atoms with E-state index in [1.165, 1.54) is 17.0 Å². The van der Waals surface area contributed by atoms with Gasteiger partial charge in [-0.15, -0.1) is 0 Å². The van der Waals surface area contributed by atoms with Gasteiger partial charge in [-0.05, 0) is 57.7 Å².